The predicted octanol–water partition coefficient (Wildman–Crippen LogP) is 5.52. The van der Waals surface area contributed by atoms with Gasteiger partial charge in [-0.05, 0) is 80.9 Å². The van der Waals surface area contributed by atoms with Gasteiger partial charge >= 0.3 is 5.97 Å². The van der Waals surface area contributed by atoms with Gasteiger partial charge in [0, 0.05) is 13.0 Å². The van der Waals surface area contributed by atoms with Crippen molar-refractivity contribution in [2.45, 2.75) is 71.3 Å². The summed E-state index contributed by atoms with van der Waals surface area (Å²) in [6, 6.07) is 5.75. The highest BCUT2D eigenvalue weighted by Crippen LogP contribution is 2.29. The van der Waals surface area contributed by atoms with Crippen molar-refractivity contribution in [2.75, 3.05) is 13.2 Å². The van der Waals surface area contributed by atoms with E-state index in [0.29, 0.717) is 18.1 Å². The van der Waals surface area contributed by atoms with E-state index in [2.05, 4.69) is 0 Å². The molecule has 0 saturated heterocycles. The summed E-state index contributed by atoms with van der Waals surface area (Å²) in [6.07, 6.45) is 0.745. The van der Waals surface area contributed by atoms with Gasteiger partial charge in [0.15, 0.2) is 0 Å². The number of hydrogen-bond donors (Lipinski definition) is 1. The Morgan fingerprint density at radius 3 is 2.66 bits per heavy atom. The molecule has 0 aliphatic heterocycles. The van der Waals surface area contributed by atoms with E-state index >= 15 is 0 Å². The first-order valence-corrected chi connectivity index (χ1v) is 10.3. The topological polar surface area (TPSA) is 55.8 Å². The Kier molecular flexibility index (Phi) is 9.08. The number of carbonyl (C=O) groups is 1. The molecule has 1 N–H and O–H groups in total. The number of rotatable bonds is 12. The molecule has 0 spiro atoms. The van der Waals surface area contributed by atoms with Gasteiger partial charge in [-0.1, -0.05) is 12.5 Å². The molecule has 2 rings (SSSR count). The maximum atomic E-state index is 14.8. The molecule has 29 heavy (non-hydrogen) atoms. The first kappa shape index (κ1) is 23.3. The number of alkyl halides is 2. The van der Waals surface area contributed by atoms with Crippen LogP contribution in [0.5, 0.6) is 5.75 Å². The zero-order valence-electron chi connectivity index (χ0n) is 17.5. The monoisotopic (exact) mass is 410 g/mol. The van der Waals surface area contributed by atoms with E-state index < -0.39 is 24.4 Å². The minimum atomic E-state index is -1.64. The second-order valence-electron chi connectivity index (χ2n) is 7.89. The Morgan fingerprint density at radius 1 is 1.34 bits per heavy atom. The normalized spacial score (nSPS) is 18.0. The van der Waals surface area contributed by atoms with Gasteiger partial charge in [0.25, 0.3) is 0 Å². The van der Waals surface area contributed by atoms with Crippen LogP contribution in [0.25, 0.3) is 5.57 Å². The minimum Gasteiger partial charge on any atom is -0.493 e. The first-order valence-electron chi connectivity index (χ1n) is 10.3. The van der Waals surface area contributed by atoms with Crippen LogP contribution in [0.1, 0.15) is 57.1 Å². The highest BCUT2D eigenvalue weighted by atomic mass is 19.1. The number of halogens is 2. The second-order valence-corrected chi connectivity index (χ2v) is 7.89. The summed E-state index contributed by atoms with van der Waals surface area (Å²) < 4.78 is 39.9. The van der Waals surface area contributed by atoms with Crippen LogP contribution in [0.2, 0.25) is 0 Å². The number of aliphatic carboxylic acids is 1. The average molecular weight is 411 g/mol. The Morgan fingerprint density at radius 2 is 2.07 bits per heavy atom. The molecule has 3 unspecified atom stereocenters. The lowest BCUT2D eigenvalue weighted by Gasteiger charge is -2.25. The van der Waals surface area contributed by atoms with Crippen LogP contribution < -0.4 is 4.74 Å². The number of ether oxygens (including phenoxy) is 2. The van der Waals surface area contributed by atoms with Crippen LogP contribution in [0, 0.1) is 12.8 Å². The van der Waals surface area contributed by atoms with Crippen molar-refractivity contribution in [3.05, 3.63) is 35.4 Å². The summed E-state index contributed by atoms with van der Waals surface area (Å²) in [7, 11) is 0. The molecule has 0 aromatic heterocycles. The Labute approximate surface area is 171 Å². The van der Waals surface area contributed by atoms with Crippen molar-refractivity contribution < 1.29 is 28.2 Å². The summed E-state index contributed by atoms with van der Waals surface area (Å²) in [5.74, 6) is 0.415. The second kappa shape index (κ2) is 11.3. The van der Waals surface area contributed by atoms with Gasteiger partial charge in [0.05, 0.1) is 6.61 Å². The van der Waals surface area contributed by atoms with Crippen LogP contribution in [0.15, 0.2) is 24.3 Å². The highest BCUT2D eigenvalue weighted by Gasteiger charge is 2.27. The quantitative estimate of drug-likeness (QED) is 0.461. The highest BCUT2D eigenvalue weighted by molar-refractivity contribution is 5.68. The standard InChI is InChI=1S/C23H32F2O4/c1-15-9-10-19(29-14-18-6-4-7-18)13-20(15)16(2)12-21(25)23(17(3)24)28-11-5-8-22(26)27/h9-10,12-13,17-18,21,23H,4-8,11,14H2,1-3H3,(H,26,27)/b16-12+. The van der Waals surface area contributed by atoms with Crippen LogP contribution >= 0.6 is 0 Å². The molecule has 0 radical (unpaired) electrons. The number of aryl methyl sites for hydroxylation is 1. The Balaban J connectivity index is 2.02. The van der Waals surface area contributed by atoms with Crippen molar-refractivity contribution in [1.29, 1.82) is 0 Å². The molecular formula is C23H32F2O4. The van der Waals surface area contributed by atoms with Crippen molar-refractivity contribution in [3.8, 4) is 5.75 Å². The molecule has 1 aromatic carbocycles. The van der Waals surface area contributed by atoms with Gasteiger partial charge in [-0.3, -0.25) is 4.79 Å². The molecule has 0 bridgehead atoms. The number of hydrogen-bond acceptors (Lipinski definition) is 3. The number of benzene rings is 1. The van der Waals surface area contributed by atoms with Crippen molar-refractivity contribution in [2.24, 2.45) is 5.92 Å². The largest absolute Gasteiger partial charge is 0.493 e. The molecule has 1 saturated carbocycles. The SMILES string of the molecule is C/C(=C\C(F)C(OCCCC(=O)O)C(C)F)c1cc(OCC2CCC2)ccc1C. The molecular weight excluding hydrogens is 378 g/mol. The van der Waals surface area contributed by atoms with Gasteiger partial charge in [0.2, 0.25) is 0 Å². The van der Waals surface area contributed by atoms with Crippen molar-refractivity contribution in [3.63, 3.8) is 0 Å². The van der Waals surface area contributed by atoms with Crippen LogP contribution in [-0.2, 0) is 9.53 Å². The smallest absolute Gasteiger partial charge is 0.303 e. The molecule has 1 fully saturated rings. The lowest BCUT2D eigenvalue weighted by Crippen LogP contribution is -2.33. The van der Waals surface area contributed by atoms with Gasteiger partial charge in [-0.15, -0.1) is 0 Å². The van der Waals surface area contributed by atoms with Crippen molar-refractivity contribution >= 4 is 11.5 Å². The average Bonchev–Trinajstić information content (AvgIpc) is 2.60. The maximum absolute atomic E-state index is 14.8. The minimum absolute atomic E-state index is 0.00204. The van der Waals surface area contributed by atoms with E-state index in [1.807, 2.05) is 25.1 Å². The molecule has 3 atom stereocenters. The third kappa shape index (κ3) is 7.42. The molecule has 162 valence electrons. The molecule has 0 heterocycles. The summed E-state index contributed by atoms with van der Waals surface area (Å²) >= 11 is 0. The van der Waals surface area contributed by atoms with E-state index in [9.17, 15) is 13.6 Å². The van der Waals surface area contributed by atoms with Gasteiger partial charge in [-0.25, -0.2) is 8.78 Å². The zero-order chi connectivity index (χ0) is 21.4. The third-order valence-corrected chi connectivity index (χ3v) is 5.37. The lowest BCUT2D eigenvalue weighted by atomic mass is 9.86. The first-order chi connectivity index (χ1) is 13.8. The fraction of sp³-hybridized carbons (Fsp3) is 0.609. The molecule has 0 amide bonds. The molecule has 1 aliphatic carbocycles. The van der Waals surface area contributed by atoms with Crippen molar-refractivity contribution in [1.82, 2.24) is 0 Å². The summed E-state index contributed by atoms with van der Waals surface area (Å²) in [5, 5.41) is 8.65. The lowest BCUT2D eigenvalue weighted by molar-refractivity contribution is -0.137. The van der Waals surface area contributed by atoms with Crippen LogP contribution in [0.4, 0.5) is 8.78 Å². The zero-order valence-corrected chi connectivity index (χ0v) is 17.5. The molecule has 4 nitrogen and oxygen atoms in total. The molecule has 1 aliphatic rings. The van der Waals surface area contributed by atoms with Gasteiger partial charge in [-0.2, -0.15) is 0 Å². The van der Waals surface area contributed by atoms with E-state index in [1.54, 1.807) is 6.92 Å². The van der Waals surface area contributed by atoms with E-state index in [-0.39, 0.29) is 19.4 Å². The number of carboxylic acid groups (broad SMARTS) is 1. The Hall–Kier alpha value is -1.95. The third-order valence-electron chi connectivity index (χ3n) is 5.37. The summed E-state index contributed by atoms with van der Waals surface area (Å²) in [5.41, 5.74) is 2.52. The van der Waals surface area contributed by atoms with E-state index in [0.717, 1.165) is 16.9 Å². The van der Waals surface area contributed by atoms with E-state index in [1.165, 1.54) is 32.3 Å². The fourth-order valence-corrected chi connectivity index (χ4v) is 3.33. The van der Waals surface area contributed by atoms with E-state index in [4.69, 9.17) is 14.6 Å². The van der Waals surface area contributed by atoms with Gasteiger partial charge < -0.3 is 14.6 Å². The summed E-state index contributed by atoms with van der Waals surface area (Å²) in [6.45, 7) is 5.67. The summed E-state index contributed by atoms with van der Waals surface area (Å²) in [4.78, 5) is 10.6. The van der Waals surface area contributed by atoms with Crippen LogP contribution in [0.3, 0.4) is 0 Å². The molecule has 6 heteroatoms. The molecule has 1 aromatic rings. The number of carboxylic acids is 1. The Bertz CT molecular complexity index is 698. The van der Waals surface area contributed by atoms with Crippen LogP contribution in [-0.4, -0.2) is 42.7 Å². The predicted molar refractivity (Wildman–Crippen MR) is 110 cm³/mol. The fourth-order valence-electron chi connectivity index (χ4n) is 3.33. The maximum Gasteiger partial charge on any atom is 0.303 e. The number of allylic oxidation sites excluding steroid dienone is 1. The van der Waals surface area contributed by atoms with Gasteiger partial charge in [0.1, 0.15) is 24.2 Å².